The highest BCUT2D eigenvalue weighted by atomic mass is 19.4. The highest BCUT2D eigenvalue weighted by Gasteiger charge is 2.51. The average Bonchev–Trinajstić information content (AvgIpc) is 3.16. The number of aliphatic imine (C=N–C) groups is 1. The van der Waals surface area contributed by atoms with Crippen LogP contribution in [0.15, 0.2) is 121 Å². The number of ether oxygens (including phenoxy) is 3. The Labute approximate surface area is 298 Å². The molecular formula is C41H32F4N4O3. The van der Waals surface area contributed by atoms with Gasteiger partial charge in [-0.3, -0.25) is 4.98 Å². The summed E-state index contributed by atoms with van der Waals surface area (Å²) < 4.78 is 76.4. The van der Waals surface area contributed by atoms with Crippen LogP contribution in [0.1, 0.15) is 52.3 Å². The molecular weight excluding hydrogens is 672 g/mol. The fraction of sp³-hybridized carbons (Fsp3) is 0.195. The van der Waals surface area contributed by atoms with E-state index in [2.05, 4.69) is 22.1 Å². The van der Waals surface area contributed by atoms with Crippen molar-refractivity contribution in [2.45, 2.75) is 36.7 Å². The third-order valence-corrected chi connectivity index (χ3v) is 8.86. The molecule has 0 radical (unpaired) electrons. The maximum absolute atomic E-state index is 15.8. The SMILES string of the molecule is COc1ccc(C(NC2=N[C@](C)(c3cc(C#Cc4cncc(C#N)c4)ccc3F)C[C@@H](C(F)(F)F)O2)(c2ccccc2)c2ccc(OC)cc2)cc1. The summed E-state index contributed by atoms with van der Waals surface area (Å²) in [4.78, 5) is 8.71. The van der Waals surface area contributed by atoms with Crippen LogP contribution >= 0.6 is 0 Å². The van der Waals surface area contributed by atoms with Crippen molar-refractivity contribution in [2.75, 3.05) is 14.2 Å². The number of alkyl halides is 3. The van der Waals surface area contributed by atoms with Crippen molar-refractivity contribution in [3.8, 4) is 29.4 Å². The van der Waals surface area contributed by atoms with E-state index in [4.69, 9.17) is 19.2 Å². The number of amidine groups is 1. The zero-order valence-corrected chi connectivity index (χ0v) is 28.3. The van der Waals surface area contributed by atoms with E-state index in [1.54, 1.807) is 54.6 Å². The second-order valence-electron chi connectivity index (χ2n) is 12.3. The summed E-state index contributed by atoms with van der Waals surface area (Å²) in [5.74, 6) is 6.18. The van der Waals surface area contributed by atoms with Gasteiger partial charge in [-0.1, -0.05) is 66.4 Å². The predicted molar refractivity (Wildman–Crippen MR) is 187 cm³/mol. The zero-order chi connectivity index (χ0) is 36.9. The molecule has 52 heavy (non-hydrogen) atoms. The van der Waals surface area contributed by atoms with Crippen LogP contribution in [0.3, 0.4) is 0 Å². The second kappa shape index (κ2) is 14.5. The Bertz CT molecular complexity index is 2140. The first kappa shape index (κ1) is 35.5. The predicted octanol–water partition coefficient (Wildman–Crippen LogP) is 8.01. The van der Waals surface area contributed by atoms with Crippen molar-refractivity contribution in [3.05, 3.63) is 160 Å². The number of nitriles is 1. The molecule has 0 saturated heterocycles. The van der Waals surface area contributed by atoms with Crippen molar-refractivity contribution in [1.29, 1.82) is 5.26 Å². The Morgan fingerprint density at radius 2 is 1.37 bits per heavy atom. The van der Waals surface area contributed by atoms with Crippen LogP contribution in [0.5, 0.6) is 11.5 Å². The Balaban J connectivity index is 1.52. The third-order valence-electron chi connectivity index (χ3n) is 8.86. The summed E-state index contributed by atoms with van der Waals surface area (Å²) in [5.41, 5.74) is -0.226. The number of halogens is 4. The van der Waals surface area contributed by atoms with E-state index in [-0.39, 0.29) is 5.56 Å². The number of benzene rings is 4. The Morgan fingerprint density at radius 3 is 1.94 bits per heavy atom. The van der Waals surface area contributed by atoms with E-state index >= 15 is 4.39 Å². The third kappa shape index (κ3) is 7.26. The molecule has 0 unspecified atom stereocenters. The van der Waals surface area contributed by atoms with Gasteiger partial charge in [0.15, 0.2) is 6.10 Å². The van der Waals surface area contributed by atoms with Crippen LogP contribution in [0.2, 0.25) is 0 Å². The molecule has 1 aliphatic heterocycles. The maximum Gasteiger partial charge on any atom is 0.425 e. The van der Waals surface area contributed by atoms with Crippen LogP contribution in [0.25, 0.3) is 0 Å². The monoisotopic (exact) mass is 704 g/mol. The topological polar surface area (TPSA) is 88.8 Å². The van der Waals surface area contributed by atoms with Crippen molar-refractivity contribution >= 4 is 6.02 Å². The van der Waals surface area contributed by atoms with Gasteiger partial charge in [-0.15, -0.1) is 0 Å². The lowest BCUT2D eigenvalue weighted by molar-refractivity contribution is -0.209. The van der Waals surface area contributed by atoms with E-state index in [9.17, 15) is 18.4 Å². The van der Waals surface area contributed by atoms with E-state index in [0.29, 0.717) is 44.9 Å². The first-order valence-electron chi connectivity index (χ1n) is 16.1. The van der Waals surface area contributed by atoms with Gasteiger partial charge in [-0.2, -0.15) is 18.4 Å². The lowest BCUT2D eigenvalue weighted by atomic mass is 9.77. The molecule has 4 aromatic carbocycles. The van der Waals surface area contributed by atoms with E-state index in [0.717, 1.165) is 6.07 Å². The number of aromatic nitrogens is 1. The summed E-state index contributed by atoms with van der Waals surface area (Å²) in [5, 5.41) is 12.5. The molecule has 2 atom stereocenters. The van der Waals surface area contributed by atoms with Gasteiger partial charge in [0.1, 0.15) is 28.9 Å². The molecule has 0 amide bonds. The quantitative estimate of drug-likeness (QED) is 0.105. The number of nitrogens with zero attached hydrogens (tertiary/aromatic N) is 3. The second-order valence-corrected chi connectivity index (χ2v) is 12.3. The van der Waals surface area contributed by atoms with Gasteiger partial charge in [0.05, 0.1) is 25.3 Å². The summed E-state index contributed by atoms with van der Waals surface area (Å²) in [6.45, 7) is 1.44. The first-order chi connectivity index (χ1) is 25.0. The number of pyridine rings is 1. The molecule has 0 saturated carbocycles. The molecule has 0 aliphatic carbocycles. The van der Waals surface area contributed by atoms with E-state index in [1.807, 2.05) is 36.4 Å². The molecule has 0 bridgehead atoms. The van der Waals surface area contributed by atoms with Gasteiger partial charge >= 0.3 is 6.18 Å². The average molecular weight is 705 g/mol. The summed E-state index contributed by atoms with van der Waals surface area (Å²) in [6, 6.07) is 30.4. The molecule has 1 aromatic heterocycles. The molecule has 6 rings (SSSR count). The number of methoxy groups -OCH3 is 2. The highest BCUT2D eigenvalue weighted by Crippen LogP contribution is 2.44. The van der Waals surface area contributed by atoms with Gasteiger partial charge in [0.25, 0.3) is 6.02 Å². The molecule has 5 aromatic rings. The number of hydrogen-bond donors (Lipinski definition) is 1. The minimum atomic E-state index is -4.83. The Morgan fingerprint density at radius 1 is 0.788 bits per heavy atom. The summed E-state index contributed by atoms with van der Waals surface area (Å²) in [6.07, 6.45) is -5.01. The zero-order valence-electron chi connectivity index (χ0n) is 28.3. The normalized spacial score (nSPS) is 17.0. The van der Waals surface area contributed by atoms with Gasteiger partial charge in [-0.25, -0.2) is 9.38 Å². The summed E-state index contributed by atoms with van der Waals surface area (Å²) >= 11 is 0. The molecule has 7 nitrogen and oxygen atoms in total. The van der Waals surface area contributed by atoms with Crippen molar-refractivity contribution in [3.63, 3.8) is 0 Å². The minimum absolute atomic E-state index is 0.0979. The van der Waals surface area contributed by atoms with Crippen LogP contribution in [0.4, 0.5) is 17.6 Å². The van der Waals surface area contributed by atoms with Crippen LogP contribution < -0.4 is 14.8 Å². The molecule has 0 spiro atoms. The van der Waals surface area contributed by atoms with Crippen molar-refractivity contribution in [2.24, 2.45) is 4.99 Å². The molecule has 262 valence electrons. The molecule has 1 aliphatic rings. The number of rotatable bonds is 7. The van der Waals surface area contributed by atoms with Gasteiger partial charge in [-0.05, 0) is 72.1 Å². The maximum atomic E-state index is 15.8. The lowest BCUT2D eigenvalue weighted by Crippen LogP contribution is -2.54. The number of hydrogen-bond acceptors (Lipinski definition) is 7. The number of nitrogens with one attached hydrogen (secondary N) is 1. The molecule has 1 N–H and O–H groups in total. The lowest BCUT2D eigenvalue weighted by Gasteiger charge is -2.42. The fourth-order valence-corrected chi connectivity index (χ4v) is 6.22. The van der Waals surface area contributed by atoms with Crippen molar-refractivity contribution < 1.29 is 31.8 Å². The minimum Gasteiger partial charge on any atom is -0.497 e. The van der Waals surface area contributed by atoms with Gasteiger partial charge < -0.3 is 19.5 Å². The van der Waals surface area contributed by atoms with E-state index < -0.39 is 41.6 Å². The summed E-state index contributed by atoms with van der Waals surface area (Å²) in [7, 11) is 3.07. The van der Waals surface area contributed by atoms with Crippen molar-refractivity contribution in [1.82, 2.24) is 10.3 Å². The largest absolute Gasteiger partial charge is 0.497 e. The van der Waals surface area contributed by atoms with E-state index in [1.165, 1.54) is 45.7 Å². The highest BCUT2D eigenvalue weighted by molar-refractivity contribution is 5.79. The molecule has 11 heteroatoms. The Kier molecular flexibility index (Phi) is 9.89. The standard InChI is InChI=1S/C41H32F4N4O3/c1-39(35-22-27(11-20-36(35)42)9-10-28-21-29(24-46)26-47-25-28)23-37(41(43,44)45)52-38(48-39)49-40(30-7-5-4-6-8-30,31-12-16-33(50-2)17-13-31)32-14-18-34(51-3)19-15-32/h4-8,11-22,25-26,37H,23H2,1-3H3,(H,48,49)/t37-,39-/m0/s1. The fourth-order valence-electron chi connectivity index (χ4n) is 6.22. The Hall–Kier alpha value is -6.33. The molecule has 0 fully saturated rings. The molecule has 2 heterocycles. The van der Waals surface area contributed by atoms with Crippen LogP contribution in [0, 0.1) is 29.0 Å². The first-order valence-corrected chi connectivity index (χ1v) is 16.1. The smallest absolute Gasteiger partial charge is 0.425 e. The van der Waals surface area contributed by atoms with Crippen LogP contribution in [-0.4, -0.2) is 37.5 Å². The van der Waals surface area contributed by atoms with Gasteiger partial charge in [0.2, 0.25) is 0 Å². The van der Waals surface area contributed by atoms with Gasteiger partial charge in [0, 0.05) is 35.5 Å². The van der Waals surface area contributed by atoms with Crippen LogP contribution in [-0.2, 0) is 15.8 Å².